The Hall–Kier alpha value is -1.00. The molecule has 0 bridgehead atoms. The van der Waals surface area contributed by atoms with Crippen LogP contribution in [0.2, 0.25) is 0 Å². The molecule has 0 aromatic heterocycles. The number of imide groups is 1. The molecular formula is C19H18KNO5S. The number of thioether (sulfide) groups is 1. The molecule has 2 aromatic carbocycles. The molecule has 1 aliphatic heterocycles. The molecule has 0 spiro atoms. The van der Waals surface area contributed by atoms with Gasteiger partial charge in [0.05, 0.1) is 11.9 Å². The van der Waals surface area contributed by atoms with E-state index in [1.54, 1.807) is 36.4 Å². The van der Waals surface area contributed by atoms with Crippen LogP contribution in [-0.4, -0.2) is 33.9 Å². The van der Waals surface area contributed by atoms with Crippen LogP contribution in [0.1, 0.15) is 22.9 Å². The Morgan fingerprint density at radius 3 is 2.52 bits per heavy atom. The molecule has 1 heterocycles. The molecule has 2 aromatic rings. The molecular weight excluding hydrogens is 393 g/mol. The van der Waals surface area contributed by atoms with Crippen molar-refractivity contribution in [3.05, 3.63) is 65.2 Å². The van der Waals surface area contributed by atoms with Gasteiger partial charge in [0, 0.05) is 5.56 Å². The van der Waals surface area contributed by atoms with Gasteiger partial charge in [0.15, 0.2) is 12.4 Å². The topological polar surface area (TPSA) is 92.7 Å². The molecule has 0 aliphatic carbocycles. The molecule has 2 amide bonds. The molecule has 1 saturated heterocycles. The number of carbonyl (C=O) groups is 3. The van der Waals surface area contributed by atoms with Gasteiger partial charge in [0.2, 0.25) is 5.91 Å². The van der Waals surface area contributed by atoms with E-state index in [2.05, 4.69) is 5.32 Å². The maximum atomic E-state index is 12.2. The summed E-state index contributed by atoms with van der Waals surface area (Å²) in [5, 5.41) is 10.7. The second-order valence-electron chi connectivity index (χ2n) is 5.80. The molecule has 3 rings (SSSR count). The fraction of sp³-hybridized carbons (Fsp3) is 0.211. The number of benzene rings is 2. The van der Waals surface area contributed by atoms with Crippen LogP contribution in [0.25, 0.3) is 0 Å². The number of nitrogens with one attached hydrogen (secondary N) is 1. The van der Waals surface area contributed by atoms with Crippen LogP contribution in [0.3, 0.4) is 0 Å². The number of Topliss-reactive ketones (excluding diaryl/α,β-unsaturated/α-hetero) is 1. The van der Waals surface area contributed by atoms with Gasteiger partial charge >= 0.3 is 51.4 Å². The SMILES string of the molecule is O=C1NC(=O)C(Cc2ccc(OCC(=O)c3cccc(CO)c3)cc2)S1.[H-].[K+]. The minimum atomic E-state index is -0.408. The van der Waals surface area contributed by atoms with E-state index in [9.17, 15) is 14.4 Å². The van der Waals surface area contributed by atoms with E-state index in [-0.39, 0.29) is 83.0 Å². The molecule has 0 saturated carbocycles. The van der Waals surface area contributed by atoms with Crippen LogP contribution >= 0.6 is 11.8 Å². The normalized spacial score (nSPS) is 15.8. The van der Waals surface area contributed by atoms with Crippen LogP contribution in [0.4, 0.5) is 4.79 Å². The third kappa shape index (κ3) is 6.25. The first-order valence-corrected chi connectivity index (χ1v) is 8.89. The maximum absolute atomic E-state index is 12.2. The van der Waals surface area contributed by atoms with Crippen molar-refractivity contribution in [2.45, 2.75) is 18.3 Å². The van der Waals surface area contributed by atoms with Crippen LogP contribution < -0.4 is 61.4 Å². The Morgan fingerprint density at radius 2 is 1.89 bits per heavy atom. The largest absolute Gasteiger partial charge is 1.00 e. The van der Waals surface area contributed by atoms with Crippen molar-refractivity contribution in [1.82, 2.24) is 5.32 Å². The average molecular weight is 412 g/mol. The fourth-order valence-electron chi connectivity index (χ4n) is 2.54. The first kappa shape index (κ1) is 22.3. The number of aliphatic hydroxyl groups excluding tert-OH is 1. The molecule has 6 nitrogen and oxygen atoms in total. The van der Waals surface area contributed by atoms with Gasteiger partial charge in [-0.1, -0.05) is 42.1 Å². The summed E-state index contributed by atoms with van der Waals surface area (Å²) >= 11 is 0.994. The Bertz CT molecular complexity index is 846. The number of ketones is 1. The zero-order valence-electron chi connectivity index (χ0n) is 15.8. The van der Waals surface area contributed by atoms with Crippen molar-refractivity contribution in [1.29, 1.82) is 0 Å². The number of aliphatic hydroxyl groups is 1. The van der Waals surface area contributed by atoms with E-state index in [0.29, 0.717) is 23.3 Å². The standard InChI is InChI=1S/C19H17NO5S.K.H/c21-10-13-2-1-3-14(8-13)16(22)11-25-15-6-4-12(5-7-15)9-17-18(23)20-19(24)26-17;;/h1-8,17,21H,9-11H2,(H,20,23,24);;/q;+1;-1. The number of amides is 2. The second-order valence-corrected chi connectivity index (χ2v) is 6.98. The monoisotopic (exact) mass is 411 g/mol. The smallest absolute Gasteiger partial charge is 1.00 e. The first-order chi connectivity index (χ1) is 12.5. The van der Waals surface area contributed by atoms with Crippen LogP contribution in [0, 0.1) is 0 Å². The summed E-state index contributed by atoms with van der Waals surface area (Å²) < 4.78 is 5.51. The second kappa shape index (κ2) is 10.5. The Labute approximate surface area is 205 Å². The third-order valence-electron chi connectivity index (χ3n) is 3.91. The van der Waals surface area contributed by atoms with Crippen molar-refractivity contribution >= 4 is 28.7 Å². The molecule has 0 radical (unpaired) electrons. The molecule has 1 fully saturated rings. The van der Waals surface area contributed by atoms with Crippen molar-refractivity contribution in [2.75, 3.05) is 6.61 Å². The Balaban J connectivity index is 0.00000196. The summed E-state index contributed by atoms with van der Waals surface area (Å²) in [5.41, 5.74) is 2.07. The Kier molecular flexibility index (Phi) is 8.68. The van der Waals surface area contributed by atoms with E-state index >= 15 is 0 Å². The minimum Gasteiger partial charge on any atom is -1.00 e. The molecule has 1 atom stereocenters. The molecule has 136 valence electrons. The number of carbonyl (C=O) groups excluding carboxylic acids is 3. The zero-order chi connectivity index (χ0) is 18.5. The number of hydrogen-bond donors (Lipinski definition) is 2. The maximum Gasteiger partial charge on any atom is 1.00 e. The van der Waals surface area contributed by atoms with Gasteiger partial charge in [-0.2, -0.15) is 0 Å². The van der Waals surface area contributed by atoms with E-state index < -0.39 is 5.25 Å². The summed E-state index contributed by atoms with van der Waals surface area (Å²) in [6.45, 7) is -0.226. The van der Waals surface area contributed by atoms with Gasteiger partial charge in [-0.3, -0.25) is 19.7 Å². The van der Waals surface area contributed by atoms with Crippen LogP contribution in [0.5, 0.6) is 5.75 Å². The van der Waals surface area contributed by atoms with E-state index in [4.69, 9.17) is 9.84 Å². The van der Waals surface area contributed by atoms with Gasteiger partial charge in [0.25, 0.3) is 5.24 Å². The van der Waals surface area contributed by atoms with Crippen molar-refractivity contribution < 1.29 is 77.0 Å². The molecule has 27 heavy (non-hydrogen) atoms. The summed E-state index contributed by atoms with van der Waals surface area (Å²) in [4.78, 5) is 34.9. The van der Waals surface area contributed by atoms with Crippen molar-refractivity contribution in [3.8, 4) is 5.75 Å². The quantitative estimate of drug-likeness (QED) is 0.469. The number of rotatable bonds is 7. The predicted molar refractivity (Wildman–Crippen MR) is 98.4 cm³/mol. The number of ether oxygens (including phenoxy) is 1. The van der Waals surface area contributed by atoms with Gasteiger partial charge in [-0.05, 0) is 35.7 Å². The first-order valence-electron chi connectivity index (χ1n) is 8.01. The van der Waals surface area contributed by atoms with Gasteiger partial charge in [0.1, 0.15) is 5.75 Å². The van der Waals surface area contributed by atoms with Crippen molar-refractivity contribution in [2.24, 2.45) is 0 Å². The van der Waals surface area contributed by atoms with E-state index in [1.165, 1.54) is 0 Å². The average Bonchev–Trinajstić information content (AvgIpc) is 2.97. The molecule has 8 heteroatoms. The summed E-state index contributed by atoms with van der Waals surface area (Å²) in [5.74, 6) is 0.0953. The van der Waals surface area contributed by atoms with Crippen molar-refractivity contribution in [3.63, 3.8) is 0 Å². The zero-order valence-corrected chi connectivity index (χ0v) is 18.7. The fourth-order valence-corrected chi connectivity index (χ4v) is 3.40. The van der Waals surface area contributed by atoms with Gasteiger partial charge < -0.3 is 11.3 Å². The summed E-state index contributed by atoms with van der Waals surface area (Å²) in [6.07, 6.45) is 0.454. The molecule has 2 N–H and O–H groups in total. The Morgan fingerprint density at radius 1 is 1.15 bits per heavy atom. The molecule has 1 aliphatic rings. The summed E-state index contributed by atoms with van der Waals surface area (Å²) in [7, 11) is 0. The van der Waals surface area contributed by atoms with E-state index in [0.717, 1.165) is 17.3 Å². The molecule has 1 unspecified atom stereocenters. The minimum absolute atomic E-state index is 0. The number of hydrogen-bond acceptors (Lipinski definition) is 6. The van der Waals surface area contributed by atoms with E-state index in [1.807, 2.05) is 12.1 Å². The van der Waals surface area contributed by atoms with Gasteiger partial charge in [-0.15, -0.1) is 0 Å². The third-order valence-corrected chi connectivity index (χ3v) is 4.89. The van der Waals surface area contributed by atoms with Crippen LogP contribution in [0.15, 0.2) is 48.5 Å². The van der Waals surface area contributed by atoms with Crippen LogP contribution in [-0.2, 0) is 17.8 Å². The van der Waals surface area contributed by atoms with Gasteiger partial charge in [-0.25, -0.2) is 0 Å². The predicted octanol–water partition coefficient (Wildman–Crippen LogP) is -0.549. The summed E-state index contributed by atoms with van der Waals surface area (Å²) in [6, 6.07) is 13.9.